The maximum absolute atomic E-state index is 13.8. The number of piperazine rings is 1. The third kappa shape index (κ3) is 10.4. The number of pyridine rings is 1. The van der Waals surface area contributed by atoms with Gasteiger partial charge in [-0.05, 0) is 64.3 Å². The molecule has 0 spiro atoms. The lowest BCUT2D eigenvalue weighted by atomic mass is 10.1. The Morgan fingerprint density at radius 1 is 0.957 bits per heavy atom. The first-order valence-electron chi connectivity index (χ1n) is 15.8. The van der Waals surface area contributed by atoms with E-state index in [1.807, 2.05) is 55.5 Å². The van der Waals surface area contributed by atoms with Gasteiger partial charge in [0.05, 0.1) is 18.7 Å². The smallest absolute Gasteiger partial charge is 0.409 e. The van der Waals surface area contributed by atoms with Gasteiger partial charge in [0.1, 0.15) is 23.1 Å². The summed E-state index contributed by atoms with van der Waals surface area (Å²) in [6, 6.07) is 15.7. The van der Waals surface area contributed by atoms with E-state index in [2.05, 4.69) is 10.3 Å². The number of rotatable bonds is 12. The number of hydrogen-bond donors (Lipinski definition) is 1. The van der Waals surface area contributed by atoms with Crippen molar-refractivity contribution in [2.75, 3.05) is 46.0 Å². The van der Waals surface area contributed by atoms with Crippen molar-refractivity contribution < 1.29 is 38.1 Å². The monoisotopic (exact) mass is 648 g/mol. The van der Waals surface area contributed by atoms with Crippen LogP contribution >= 0.6 is 0 Å². The fraction of sp³-hybridized carbons (Fsp3) is 0.457. The summed E-state index contributed by atoms with van der Waals surface area (Å²) in [5.74, 6) is -1.13. The van der Waals surface area contributed by atoms with E-state index in [0.717, 1.165) is 11.1 Å². The van der Waals surface area contributed by atoms with Crippen LogP contribution in [0.15, 0.2) is 54.6 Å². The second kappa shape index (κ2) is 16.2. The molecule has 1 fully saturated rings. The number of aromatic nitrogens is 1. The summed E-state index contributed by atoms with van der Waals surface area (Å²) >= 11 is 0. The average molecular weight is 649 g/mol. The van der Waals surface area contributed by atoms with Crippen molar-refractivity contribution in [2.24, 2.45) is 0 Å². The molecular formula is C35H44N4O8. The van der Waals surface area contributed by atoms with Gasteiger partial charge in [-0.1, -0.05) is 36.4 Å². The number of esters is 1. The van der Waals surface area contributed by atoms with Gasteiger partial charge in [0.2, 0.25) is 5.91 Å². The predicted octanol–water partition coefficient (Wildman–Crippen LogP) is 4.27. The van der Waals surface area contributed by atoms with E-state index in [4.69, 9.17) is 18.9 Å². The van der Waals surface area contributed by atoms with E-state index in [-0.39, 0.29) is 43.6 Å². The van der Waals surface area contributed by atoms with Crippen molar-refractivity contribution in [1.29, 1.82) is 0 Å². The second-order valence-corrected chi connectivity index (χ2v) is 12.3. The maximum Gasteiger partial charge on any atom is 0.409 e. The number of nitrogens with zero attached hydrogens (tertiary/aromatic N) is 3. The summed E-state index contributed by atoms with van der Waals surface area (Å²) in [6.45, 7) is 10.7. The van der Waals surface area contributed by atoms with Gasteiger partial charge in [-0.2, -0.15) is 0 Å². The molecule has 3 aromatic rings. The topological polar surface area (TPSA) is 137 Å². The number of ether oxygens (including phenoxy) is 4. The molecule has 1 aliphatic heterocycles. The lowest BCUT2D eigenvalue weighted by Crippen LogP contribution is -2.56. The zero-order chi connectivity index (χ0) is 34.0. The van der Waals surface area contributed by atoms with E-state index in [0.29, 0.717) is 43.7 Å². The van der Waals surface area contributed by atoms with Crippen molar-refractivity contribution in [1.82, 2.24) is 20.1 Å². The molecule has 1 saturated heterocycles. The van der Waals surface area contributed by atoms with Crippen molar-refractivity contribution in [2.45, 2.75) is 59.3 Å². The van der Waals surface area contributed by atoms with E-state index in [9.17, 15) is 19.2 Å². The van der Waals surface area contributed by atoms with E-state index < -0.39 is 29.6 Å². The average Bonchev–Trinajstić information content (AvgIpc) is 3.04. The van der Waals surface area contributed by atoms with Crippen LogP contribution in [0.3, 0.4) is 0 Å². The number of aryl methyl sites for hydroxylation is 1. The Kier molecular flexibility index (Phi) is 12.1. The Bertz CT molecular complexity index is 1550. The Morgan fingerprint density at radius 3 is 2.34 bits per heavy atom. The standard InChI is InChI=1S/C35H44N4O8/c1-6-45-34(43)39-17-15-38(16-18-39)33(42)27(14-19-44-22-25-10-8-7-9-11-25)37-32(41)29-21-30(46-23-31(40)47-35(3,4)5)26-13-12-24(2)20-28(26)36-29/h7-13,20-21,27H,6,14-19,22-23H2,1-5H3,(H,37,41)/t27-/m0/s1. The van der Waals surface area contributed by atoms with Crippen LogP contribution in [0, 0.1) is 6.92 Å². The summed E-state index contributed by atoms with van der Waals surface area (Å²) in [5, 5.41) is 3.48. The number of carbonyl (C=O) groups is 4. The van der Waals surface area contributed by atoms with Crippen LogP contribution in [-0.4, -0.2) is 96.3 Å². The Hall–Kier alpha value is -4.71. The van der Waals surface area contributed by atoms with Crippen LogP contribution in [0.4, 0.5) is 4.79 Å². The second-order valence-electron chi connectivity index (χ2n) is 12.3. The normalized spacial score (nSPS) is 14.0. The highest BCUT2D eigenvalue weighted by atomic mass is 16.6. The highest BCUT2D eigenvalue weighted by Crippen LogP contribution is 2.27. The molecule has 0 radical (unpaired) electrons. The largest absolute Gasteiger partial charge is 0.481 e. The molecule has 1 N–H and O–H groups in total. The van der Waals surface area contributed by atoms with E-state index in [1.165, 1.54) is 6.07 Å². The number of hydrogen-bond acceptors (Lipinski definition) is 9. The van der Waals surface area contributed by atoms with Crippen molar-refractivity contribution in [3.05, 3.63) is 71.4 Å². The van der Waals surface area contributed by atoms with Crippen LogP contribution in [0.25, 0.3) is 10.9 Å². The lowest BCUT2D eigenvalue weighted by molar-refractivity contribution is -0.157. The molecule has 0 saturated carbocycles. The zero-order valence-corrected chi connectivity index (χ0v) is 27.7. The van der Waals surface area contributed by atoms with Gasteiger partial charge in [0.15, 0.2) is 6.61 Å². The quantitative estimate of drug-likeness (QED) is 0.226. The minimum absolute atomic E-state index is 0.0254. The van der Waals surface area contributed by atoms with E-state index >= 15 is 0 Å². The molecule has 4 rings (SSSR count). The van der Waals surface area contributed by atoms with Crippen LogP contribution in [-0.2, 0) is 30.4 Å². The first-order valence-corrected chi connectivity index (χ1v) is 15.8. The fourth-order valence-corrected chi connectivity index (χ4v) is 5.05. The molecule has 0 unspecified atom stereocenters. The zero-order valence-electron chi connectivity index (χ0n) is 27.7. The molecule has 12 heteroatoms. The van der Waals surface area contributed by atoms with Crippen LogP contribution < -0.4 is 10.1 Å². The summed E-state index contributed by atoms with van der Waals surface area (Å²) < 4.78 is 22.2. The van der Waals surface area contributed by atoms with E-state index in [1.54, 1.807) is 37.5 Å². The minimum Gasteiger partial charge on any atom is -0.481 e. The highest BCUT2D eigenvalue weighted by Gasteiger charge is 2.31. The minimum atomic E-state index is -0.923. The van der Waals surface area contributed by atoms with Crippen molar-refractivity contribution >= 4 is 34.8 Å². The summed E-state index contributed by atoms with van der Waals surface area (Å²) in [5.41, 5.74) is 1.76. The van der Waals surface area contributed by atoms with Crippen LogP contribution in [0.2, 0.25) is 0 Å². The highest BCUT2D eigenvalue weighted by molar-refractivity contribution is 5.99. The molecule has 12 nitrogen and oxygen atoms in total. The predicted molar refractivity (Wildman–Crippen MR) is 175 cm³/mol. The maximum atomic E-state index is 13.8. The molecule has 2 heterocycles. The number of amides is 3. The summed E-state index contributed by atoms with van der Waals surface area (Å²) in [6.07, 6.45) is -0.203. The van der Waals surface area contributed by atoms with Crippen molar-refractivity contribution in [3.63, 3.8) is 0 Å². The van der Waals surface area contributed by atoms with Gasteiger partial charge in [-0.15, -0.1) is 0 Å². The third-order valence-corrected chi connectivity index (χ3v) is 7.31. The molecule has 1 aliphatic rings. The molecule has 0 bridgehead atoms. The van der Waals surface area contributed by atoms with Gasteiger partial charge in [0.25, 0.3) is 5.91 Å². The first-order chi connectivity index (χ1) is 22.4. The molecule has 1 atom stereocenters. The third-order valence-electron chi connectivity index (χ3n) is 7.31. The van der Waals surface area contributed by atoms with Gasteiger partial charge >= 0.3 is 12.1 Å². The number of benzene rings is 2. The molecule has 3 amide bonds. The fourth-order valence-electron chi connectivity index (χ4n) is 5.05. The molecule has 252 valence electrons. The van der Waals surface area contributed by atoms with Gasteiger partial charge in [-0.25, -0.2) is 14.6 Å². The molecule has 0 aliphatic carbocycles. The van der Waals surface area contributed by atoms with Crippen LogP contribution in [0.5, 0.6) is 5.75 Å². The molecular weight excluding hydrogens is 604 g/mol. The van der Waals surface area contributed by atoms with Gasteiger partial charge in [-0.3, -0.25) is 9.59 Å². The SMILES string of the molecule is CCOC(=O)N1CCN(C(=O)[C@H](CCOCc2ccccc2)NC(=O)c2cc(OCC(=O)OC(C)(C)C)c3ccc(C)cc3n2)CC1. The van der Waals surface area contributed by atoms with Crippen LogP contribution in [0.1, 0.15) is 55.7 Å². The van der Waals surface area contributed by atoms with Gasteiger partial charge < -0.3 is 34.1 Å². The number of carbonyl (C=O) groups excluding carboxylic acids is 4. The molecule has 2 aromatic carbocycles. The Morgan fingerprint density at radius 2 is 1.66 bits per heavy atom. The van der Waals surface area contributed by atoms with Crippen molar-refractivity contribution in [3.8, 4) is 5.75 Å². The lowest BCUT2D eigenvalue weighted by Gasteiger charge is -2.36. The van der Waals surface area contributed by atoms with Gasteiger partial charge in [0, 0.05) is 44.2 Å². The Balaban J connectivity index is 1.51. The Labute approximate surface area is 275 Å². The summed E-state index contributed by atoms with van der Waals surface area (Å²) in [7, 11) is 0. The summed E-state index contributed by atoms with van der Waals surface area (Å²) in [4.78, 5) is 59.8. The number of nitrogens with one attached hydrogen (secondary N) is 1. The first kappa shape index (κ1) is 35.1. The number of fused-ring (bicyclic) bond motifs is 1. The molecule has 47 heavy (non-hydrogen) atoms. The molecule has 1 aromatic heterocycles.